The van der Waals surface area contributed by atoms with E-state index in [4.69, 9.17) is 10.5 Å². The second-order valence-electron chi connectivity index (χ2n) is 3.83. The zero-order chi connectivity index (χ0) is 10.8. The van der Waals surface area contributed by atoms with Crippen LogP contribution in [0.1, 0.15) is 23.5 Å². The summed E-state index contributed by atoms with van der Waals surface area (Å²) in [6, 6.07) is 0.0808. The van der Waals surface area contributed by atoms with Crippen molar-refractivity contribution >= 4 is 16.5 Å². The monoisotopic (exact) mass is 227 g/mol. The minimum Gasteiger partial charge on any atom is -0.378 e. The van der Waals surface area contributed by atoms with Gasteiger partial charge in [-0.05, 0) is 13.8 Å². The molecule has 84 valence electrons. The molecule has 15 heavy (non-hydrogen) atoms. The second kappa shape index (κ2) is 4.47. The Morgan fingerprint density at radius 3 is 2.67 bits per heavy atom. The number of morpholine rings is 1. The molecule has 2 heterocycles. The van der Waals surface area contributed by atoms with Gasteiger partial charge in [-0.15, -0.1) is 11.3 Å². The van der Waals surface area contributed by atoms with Crippen LogP contribution in [0.15, 0.2) is 0 Å². The molecule has 1 aliphatic heterocycles. The molecule has 2 rings (SSSR count). The molecule has 1 aromatic rings. The fraction of sp³-hybridized carbons (Fsp3) is 0.700. The molecule has 0 aromatic carbocycles. The number of aromatic nitrogens is 1. The highest BCUT2D eigenvalue weighted by molar-refractivity contribution is 7.15. The quantitative estimate of drug-likeness (QED) is 0.827. The smallest absolute Gasteiger partial charge is 0.185 e. The predicted octanol–water partition coefficient (Wildman–Crippen LogP) is 1.31. The van der Waals surface area contributed by atoms with Crippen molar-refractivity contribution in [3.8, 4) is 0 Å². The molecule has 0 saturated carbocycles. The highest BCUT2D eigenvalue weighted by Crippen LogP contribution is 2.29. The lowest BCUT2D eigenvalue weighted by Gasteiger charge is -2.26. The molecule has 0 spiro atoms. The summed E-state index contributed by atoms with van der Waals surface area (Å²) < 4.78 is 5.32. The highest BCUT2D eigenvalue weighted by Gasteiger charge is 2.17. The van der Waals surface area contributed by atoms with Gasteiger partial charge in [-0.2, -0.15) is 0 Å². The molecule has 1 saturated heterocycles. The first-order valence-electron chi connectivity index (χ1n) is 5.24. The molecule has 4 nitrogen and oxygen atoms in total. The lowest BCUT2D eigenvalue weighted by molar-refractivity contribution is 0.122. The van der Waals surface area contributed by atoms with Crippen molar-refractivity contribution in [1.82, 2.24) is 4.98 Å². The topological polar surface area (TPSA) is 51.4 Å². The van der Waals surface area contributed by atoms with E-state index in [1.165, 1.54) is 4.88 Å². The van der Waals surface area contributed by atoms with E-state index in [9.17, 15) is 0 Å². The van der Waals surface area contributed by atoms with Gasteiger partial charge >= 0.3 is 0 Å². The summed E-state index contributed by atoms with van der Waals surface area (Å²) in [6.07, 6.45) is 0. The number of hydrogen-bond acceptors (Lipinski definition) is 5. The Labute approximate surface area is 94.1 Å². The molecule has 1 fully saturated rings. The summed E-state index contributed by atoms with van der Waals surface area (Å²) in [6.45, 7) is 7.50. The minimum atomic E-state index is 0.0808. The maximum atomic E-state index is 5.88. The highest BCUT2D eigenvalue weighted by atomic mass is 32.1. The van der Waals surface area contributed by atoms with Crippen LogP contribution >= 0.6 is 11.3 Å². The van der Waals surface area contributed by atoms with Gasteiger partial charge in [0, 0.05) is 24.0 Å². The van der Waals surface area contributed by atoms with Gasteiger partial charge in [0.2, 0.25) is 0 Å². The zero-order valence-corrected chi connectivity index (χ0v) is 10.0. The second-order valence-corrected chi connectivity index (χ2v) is 4.84. The summed E-state index contributed by atoms with van der Waals surface area (Å²) in [5.41, 5.74) is 6.95. The standard InChI is InChI=1S/C10H17N3OS/c1-7(11)9-8(2)12-10(15-9)13-3-5-14-6-4-13/h7H,3-6,11H2,1-2H3. The molecule has 0 amide bonds. The predicted molar refractivity (Wildman–Crippen MR) is 62.5 cm³/mol. The van der Waals surface area contributed by atoms with Crippen LogP contribution in [0.5, 0.6) is 0 Å². The van der Waals surface area contributed by atoms with Crippen molar-refractivity contribution in [2.24, 2.45) is 5.73 Å². The van der Waals surface area contributed by atoms with Crippen molar-refractivity contribution in [3.05, 3.63) is 10.6 Å². The molecular formula is C10H17N3OS. The van der Waals surface area contributed by atoms with Crippen LogP contribution in [0.3, 0.4) is 0 Å². The normalized spacial score (nSPS) is 19.3. The lowest BCUT2D eigenvalue weighted by Crippen LogP contribution is -2.36. The third-order valence-electron chi connectivity index (χ3n) is 2.52. The average molecular weight is 227 g/mol. The van der Waals surface area contributed by atoms with E-state index < -0.39 is 0 Å². The van der Waals surface area contributed by atoms with E-state index >= 15 is 0 Å². The molecule has 2 N–H and O–H groups in total. The van der Waals surface area contributed by atoms with Crippen LogP contribution in [0.25, 0.3) is 0 Å². The summed E-state index contributed by atoms with van der Waals surface area (Å²) in [5.74, 6) is 0. The lowest BCUT2D eigenvalue weighted by atomic mass is 10.2. The van der Waals surface area contributed by atoms with Gasteiger partial charge in [0.05, 0.1) is 18.9 Å². The van der Waals surface area contributed by atoms with E-state index in [-0.39, 0.29) is 6.04 Å². The Kier molecular flexibility index (Phi) is 3.23. The molecule has 0 aliphatic carbocycles. The Balaban J connectivity index is 2.17. The van der Waals surface area contributed by atoms with Gasteiger partial charge in [-0.1, -0.05) is 0 Å². The van der Waals surface area contributed by atoms with E-state index in [0.29, 0.717) is 0 Å². The summed E-state index contributed by atoms with van der Waals surface area (Å²) >= 11 is 1.71. The van der Waals surface area contributed by atoms with Gasteiger partial charge in [-0.3, -0.25) is 0 Å². The Bertz CT molecular complexity index is 331. The maximum absolute atomic E-state index is 5.88. The fourth-order valence-electron chi connectivity index (χ4n) is 1.71. The number of aryl methyl sites for hydroxylation is 1. The first kappa shape index (κ1) is 10.9. The first-order valence-corrected chi connectivity index (χ1v) is 6.05. The number of nitrogens with zero attached hydrogens (tertiary/aromatic N) is 2. The van der Waals surface area contributed by atoms with Crippen molar-refractivity contribution in [2.75, 3.05) is 31.2 Å². The molecule has 0 bridgehead atoms. The molecular weight excluding hydrogens is 210 g/mol. The summed E-state index contributed by atoms with van der Waals surface area (Å²) in [5, 5.41) is 1.09. The van der Waals surface area contributed by atoms with Gasteiger partial charge in [0.15, 0.2) is 5.13 Å². The number of thiazole rings is 1. The average Bonchev–Trinajstić information content (AvgIpc) is 2.62. The van der Waals surface area contributed by atoms with Gasteiger partial charge in [-0.25, -0.2) is 4.98 Å². The van der Waals surface area contributed by atoms with Crippen LogP contribution in [0.4, 0.5) is 5.13 Å². The Morgan fingerprint density at radius 1 is 1.47 bits per heavy atom. The van der Waals surface area contributed by atoms with E-state index in [0.717, 1.165) is 37.1 Å². The van der Waals surface area contributed by atoms with Crippen LogP contribution in [0, 0.1) is 6.92 Å². The summed E-state index contributed by atoms with van der Waals surface area (Å²) in [7, 11) is 0. The van der Waals surface area contributed by atoms with Crippen LogP contribution < -0.4 is 10.6 Å². The van der Waals surface area contributed by atoms with Gasteiger partial charge in [0.1, 0.15) is 0 Å². The molecule has 1 aliphatic rings. The van der Waals surface area contributed by atoms with Crippen molar-refractivity contribution in [1.29, 1.82) is 0 Å². The van der Waals surface area contributed by atoms with Crippen molar-refractivity contribution in [3.63, 3.8) is 0 Å². The number of hydrogen-bond donors (Lipinski definition) is 1. The van der Waals surface area contributed by atoms with Crippen molar-refractivity contribution in [2.45, 2.75) is 19.9 Å². The fourth-order valence-corrected chi connectivity index (χ4v) is 2.78. The van der Waals surface area contributed by atoms with Crippen LogP contribution in [-0.4, -0.2) is 31.3 Å². The van der Waals surface area contributed by atoms with Crippen molar-refractivity contribution < 1.29 is 4.74 Å². The van der Waals surface area contributed by atoms with Crippen LogP contribution in [-0.2, 0) is 4.74 Å². The number of anilines is 1. The first-order chi connectivity index (χ1) is 7.18. The van der Waals surface area contributed by atoms with E-state index in [1.54, 1.807) is 11.3 Å². The number of ether oxygens (including phenoxy) is 1. The summed E-state index contributed by atoms with van der Waals surface area (Å²) in [4.78, 5) is 8.03. The minimum absolute atomic E-state index is 0.0808. The van der Waals surface area contributed by atoms with Gasteiger partial charge < -0.3 is 15.4 Å². The molecule has 1 unspecified atom stereocenters. The van der Waals surface area contributed by atoms with Crippen LogP contribution in [0.2, 0.25) is 0 Å². The Morgan fingerprint density at radius 2 is 2.13 bits per heavy atom. The SMILES string of the molecule is Cc1nc(N2CCOCC2)sc1C(C)N. The molecule has 5 heteroatoms. The third-order valence-corrected chi connectivity index (χ3v) is 3.94. The molecule has 1 atom stereocenters. The van der Waals surface area contributed by atoms with E-state index in [1.807, 2.05) is 13.8 Å². The number of nitrogens with two attached hydrogens (primary N) is 1. The molecule has 1 aromatic heterocycles. The van der Waals surface area contributed by atoms with E-state index in [2.05, 4.69) is 9.88 Å². The Hall–Kier alpha value is -0.650. The third kappa shape index (κ3) is 2.30. The maximum Gasteiger partial charge on any atom is 0.185 e. The molecule has 0 radical (unpaired) electrons. The zero-order valence-electron chi connectivity index (χ0n) is 9.19. The largest absolute Gasteiger partial charge is 0.378 e. The van der Waals surface area contributed by atoms with Gasteiger partial charge in [0.25, 0.3) is 0 Å². The number of rotatable bonds is 2.